The van der Waals surface area contributed by atoms with Crippen LogP contribution in [0.2, 0.25) is 0 Å². The molecule has 4 aliphatic carbocycles. The molecule has 3 heterocycles. The van der Waals surface area contributed by atoms with Gasteiger partial charge in [-0.1, -0.05) is 55.4 Å². The van der Waals surface area contributed by atoms with Crippen molar-refractivity contribution in [3.8, 4) is 34.5 Å². The summed E-state index contributed by atoms with van der Waals surface area (Å²) < 4.78 is 25.4. The van der Waals surface area contributed by atoms with Crippen LogP contribution in [0.3, 0.4) is 0 Å². The molecule has 0 fully saturated rings. The molecular formula is C58H56N4O4. The van der Waals surface area contributed by atoms with Gasteiger partial charge in [0.05, 0.1) is 58.4 Å². The van der Waals surface area contributed by atoms with Crippen LogP contribution >= 0.6 is 0 Å². The first-order valence-electron chi connectivity index (χ1n) is 23.6. The summed E-state index contributed by atoms with van der Waals surface area (Å²) in [6.45, 7) is 23.3. The summed E-state index contributed by atoms with van der Waals surface area (Å²) in [5.41, 5.74) is 19.5. The van der Waals surface area contributed by atoms with Crippen molar-refractivity contribution in [3.05, 3.63) is 128 Å². The van der Waals surface area contributed by atoms with E-state index in [-0.39, 0.29) is 32.5 Å². The highest BCUT2D eigenvalue weighted by Gasteiger charge is 2.58. The average Bonchev–Trinajstić information content (AvgIpc) is 3.80. The van der Waals surface area contributed by atoms with E-state index in [9.17, 15) is 0 Å². The van der Waals surface area contributed by atoms with Crippen LogP contribution in [0.4, 0.5) is 0 Å². The first kappa shape index (κ1) is 40.0. The minimum absolute atomic E-state index is 0.0644. The summed E-state index contributed by atoms with van der Waals surface area (Å²) in [5.74, 6) is 4.27. The Morgan fingerprint density at radius 3 is 1.00 bits per heavy atom. The molecule has 6 aromatic carbocycles. The molecule has 0 N–H and O–H groups in total. The number of fused-ring (bicyclic) bond motifs is 14. The van der Waals surface area contributed by atoms with Crippen molar-refractivity contribution < 1.29 is 18.9 Å². The summed E-state index contributed by atoms with van der Waals surface area (Å²) in [6, 6.07) is 26.6. The molecule has 2 aromatic heterocycles. The number of benzene rings is 6. The van der Waals surface area contributed by atoms with Gasteiger partial charge >= 0.3 is 0 Å². The molecule has 2 spiro atoms. The van der Waals surface area contributed by atoms with Crippen molar-refractivity contribution in [1.29, 1.82) is 0 Å². The summed E-state index contributed by atoms with van der Waals surface area (Å²) in [4.78, 5) is 21.1. The number of aromatic nitrogens is 4. The minimum atomic E-state index is -0.224. The largest absolute Gasteiger partial charge is 0.493 e. The van der Waals surface area contributed by atoms with Crippen LogP contribution in [-0.2, 0) is 32.5 Å². The second kappa shape index (κ2) is 12.4. The molecule has 0 amide bonds. The van der Waals surface area contributed by atoms with E-state index in [1.54, 1.807) is 14.2 Å². The van der Waals surface area contributed by atoms with E-state index in [2.05, 4.69) is 130 Å². The Bertz CT molecular complexity index is 3570. The summed E-state index contributed by atoms with van der Waals surface area (Å²) in [7, 11) is 3.43. The molecule has 0 radical (unpaired) electrons. The number of aryl methyl sites for hydroxylation is 2. The van der Waals surface area contributed by atoms with E-state index < -0.39 is 0 Å². The molecule has 2 atom stereocenters. The predicted octanol–water partition coefficient (Wildman–Crippen LogP) is 13.7. The third-order valence-corrected chi connectivity index (χ3v) is 16.8. The third-order valence-electron chi connectivity index (χ3n) is 16.8. The molecular weight excluding hydrogens is 817 g/mol. The first-order chi connectivity index (χ1) is 31.2. The maximum atomic E-state index is 6.88. The van der Waals surface area contributed by atoms with E-state index in [1.807, 2.05) is 12.1 Å². The van der Waals surface area contributed by atoms with Gasteiger partial charge in [0.25, 0.3) is 0 Å². The summed E-state index contributed by atoms with van der Waals surface area (Å²) in [5, 5.41) is 0. The van der Waals surface area contributed by atoms with Crippen LogP contribution in [0.5, 0.6) is 34.5 Å². The van der Waals surface area contributed by atoms with E-state index in [4.69, 9.17) is 38.9 Å². The molecule has 0 bridgehead atoms. The molecule has 66 heavy (non-hydrogen) atoms. The standard InChI is InChI=1S/C58H56N4O4/c1-29-13-39-40(14-30(29)2)60-43-17-35-31(15-41(43)59-39)53(3,4)25-57(35)26-54(5,6)32-16-42-44(18-36(32)57)62-46-24-52-51(23-45(46)61-42)65-49-20-34-38(22-50(49)66-52)58(28-56(34,9)10)27-55(7,8)33-19-47(63-11)48(64-12)21-37(33)58/h13-24H,25-28H2,1-12H3. The van der Waals surface area contributed by atoms with Crippen LogP contribution < -0.4 is 18.9 Å². The van der Waals surface area contributed by atoms with Gasteiger partial charge in [0, 0.05) is 23.0 Å². The van der Waals surface area contributed by atoms with E-state index in [1.165, 1.54) is 55.6 Å². The lowest BCUT2D eigenvalue weighted by molar-refractivity contribution is 0.347. The van der Waals surface area contributed by atoms with Gasteiger partial charge in [-0.05, 0) is 177 Å². The summed E-state index contributed by atoms with van der Waals surface area (Å²) in [6.07, 6.45) is 3.93. The maximum absolute atomic E-state index is 6.88. The van der Waals surface area contributed by atoms with Crippen molar-refractivity contribution in [2.75, 3.05) is 14.2 Å². The first-order valence-corrected chi connectivity index (χ1v) is 23.6. The van der Waals surface area contributed by atoms with Gasteiger partial charge in [-0.25, -0.2) is 19.9 Å². The van der Waals surface area contributed by atoms with E-state index in [0.717, 1.165) is 92.8 Å². The lowest BCUT2D eigenvalue weighted by Gasteiger charge is -2.31. The molecule has 8 heteroatoms. The van der Waals surface area contributed by atoms with Crippen molar-refractivity contribution in [3.63, 3.8) is 0 Å². The van der Waals surface area contributed by atoms with Gasteiger partial charge in [-0.2, -0.15) is 0 Å². The number of rotatable bonds is 2. The minimum Gasteiger partial charge on any atom is -0.493 e. The van der Waals surface area contributed by atoms with E-state index >= 15 is 0 Å². The van der Waals surface area contributed by atoms with Gasteiger partial charge in [0.1, 0.15) is 0 Å². The molecule has 5 aliphatic rings. The molecule has 332 valence electrons. The second-order valence-electron chi connectivity index (χ2n) is 23.1. The maximum Gasteiger partial charge on any atom is 0.172 e. The SMILES string of the molecule is COc1cc2c(cc1OC)C1(CC2(C)C)CC(C)(C)c2cc3c(cc21)Oc1cc2nc4cc5c(cc4nc2cc1O3)C(C)(C)CC51CC(C)(C)c2cc3nc4cc(C)c(C)cc4nc3cc21. The van der Waals surface area contributed by atoms with Crippen molar-refractivity contribution >= 4 is 44.1 Å². The van der Waals surface area contributed by atoms with Gasteiger partial charge in [0.15, 0.2) is 34.5 Å². The van der Waals surface area contributed by atoms with Gasteiger partial charge in [-0.15, -0.1) is 0 Å². The predicted molar refractivity (Wildman–Crippen MR) is 262 cm³/mol. The number of methoxy groups -OCH3 is 2. The number of hydrogen-bond donors (Lipinski definition) is 0. The fraction of sp³-hybridized carbons (Fsp3) is 0.379. The van der Waals surface area contributed by atoms with Crippen LogP contribution in [0, 0.1) is 13.8 Å². The smallest absolute Gasteiger partial charge is 0.172 e. The van der Waals surface area contributed by atoms with Gasteiger partial charge < -0.3 is 18.9 Å². The Hall–Kier alpha value is -6.28. The lowest BCUT2D eigenvalue weighted by Crippen LogP contribution is -2.27. The van der Waals surface area contributed by atoms with Crippen molar-refractivity contribution in [2.45, 2.75) is 127 Å². The average molecular weight is 873 g/mol. The normalized spacial score (nSPS) is 22.8. The number of nitrogens with zero attached hydrogens (tertiary/aromatic N) is 4. The molecule has 0 saturated carbocycles. The van der Waals surface area contributed by atoms with Crippen LogP contribution in [-0.4, -0.2) is 34.2 Å². The van der Waals surface area contributed by atoms with Gasteiger partial charge in [-0.3, -0.25) is 0 Å². The zero-order chi connectivity index (χ0) is 45.8. The highest BCUT2D eigenvalue weighted by molar-refractivity contribution is 5.92. The lowest BCUT2D eigenvalue weighted by atomic mass is 9.72. The fourth-order valence-electron chi connectivity index (χ4n) is 14.1. The fourth-order valence-corrected chi connectivity index (χ4v) is 14.1. The quantitative estimate of drug-likeness (QED) is 0.159. The Morgan fingerprint density at radius 2 is 0.606 bits per heavy atom. The Kier molecular flexibility index (Phi) is 7.51. The highest BCUT2D eigenvalue weighted by atomic mass is 16.6. The molecule has 13 rings (SSSR count). The Morgan fingerprint density at radius 1 is 0.348 bits per heavy atom. The monoisotopic (exact) mass is 872 g/mol. The summed E-state index contributed by atoms with van der Waals surface area (Å²) >= 11 is 0. The Labute approximate surface area is 386 Å². The number of hydrogen-bond acceptors (Lipinski definition) is 8. The molecule has 8 nitrogen and oxygen atoms in total. The van der Waals surface area contributed by atoms with E-state index in [0.29, 0.717) is 11.5 Å². The van der Waals surface area contributed by atoms with Crippen LogP contribution in [0.15, 0.2) is 72.8 Å². The second-order valence-corrected chi connectivity index (χ2v) is 23.1. The molecule has 8 aromatic rings. The topological polar surface area (TPSA) is 88.5 Å². The van der Waals surface area contributed by atoms with Gasteiger partial charge in [0.2, 0.25) is 0 Å². The molecule has 2 unspecified atom stereocenters. The van der Waals surface area contributed by atoms with Crippen molar-refractivity contribution in [1.82, 2.24) is 19.9 Å². The number of ether oxygens (including phenoxy) is 4. The highest BCUT2D eigenvalue weighted by Crippen LogP contribution is 2.67. The van der Waals surface area contributed by atoms with Crippen LogP contribution in [0.1, 0.15) is 137 Å². The zero-order valence-corrected chi connectivity index (χ0v) is 40.2. The third kappa shape index (κ3) is 5.16. The van der Waals surface area contributed by atoms with Crippen molar-refractivity contribution in [2.24, 2.45) is 0 Å². The van der Waals surface area contributed by atoms with Crippen LogP contribution in [0.25, 0.3) is 44.1 Å². The molecule has 1 aliphatic heterocycles. The Balaban J connectivity index is 0.920. The molecule has 0 saturated heterocycles. The zero-order valence-electron chi connectivity index (χ0n) is 40.2.